The van der Waals surface area contributed by atoms with Gasteiger partial charge < -0.3 is 24.8 Å². The van der Waals surface area contributed by atoms with E-state index in [1.807, 2.05) is 59.6 Å². The molecule has 2 atom stereocenters. The third-order valence-electron chi connectivity index (χ3n) is 6.10. The second-order valence-corrected chi connectivity index (χ2v) is 9.32. The third-order valence-corrected chi connectivity index (χ3v) is 6.73. The predicted molar refractivity (Wildman–Crippen MR) is 148 cm³/mol. The molecule has 1 aromatic carbocycles. The molecular formula is C27H25ClN6O2S. The number of carbonyl (C=O) groups excluding carboxylic acids is 1. The highest BCUT2D eigenvalue weighted by molar-refractivity contribution is 7.80. The van der Waals surface area contributed by atoms with Gasteiger partial charge in [0.1, 0.15) is 12.6 Å². The largest absolute Gasteiger partial charge is 0.375 e. The molecule has 0 radical (unpaired) electrons. The van der Waals surface area contributed by atoms with Crippen LogP contribution in [0, 0.1) is 0 Å². The molecule has 1 amide bonds. The number of nitrogens with one attached hydrogen (secondary N) is 2. The first-order chi connectivity index (χ1) is 18.0. The van der Waals surface area contributed by atoms with Crippen molar-refractivity contribution in [1.82, 2.24) is 19.9 Å². The second-order valence-electron chi connectivity index (χ2n) is 8.52. The molecule has 0 bridgehead atoms. The van der Waals surface area contributed by atoms with Crippen LogP contribution in [0.5, 0.6) is 0 Å². The molecule has 0 spiro atoms. The van der Waals surface area contributed by atoms with E-state index in [-0.39, 0.29) is 24.6 Å². The van der Waals surface area contributed by atoms with Crippen LogP contribution in [0.2, 0.25) is 5.02 Å². The van der Waals surface area contributed by atoms with Crippen molar-refractivity contribution in [1.29, 1.82) is 0 Å². The Kier molecular flexibility index (Phi) is 7.45. The van der Waals surface area contributed by atoms with Gasteiger partial charge in [-0.15, -0.1) is 0 Å². The number of aromatic nitrogens is 3. The van der Waals surface area contributed by atoms with E-state index in [0.29, 0.717) is 22.4 Å². The first kappa shape index (κ1) is 24.9. The zero-order valence-corrected chi connectivity index (χ0v) is 21.6. The van der Waals surface area contributed by atoms with Gasteiger partial charge in [0.15, 0.2) is 5.11 Å². The summed E-state index contributed by atoms with van der Waals surface area (Å²) in [5.74, 6) is -0.282. The maximum atomic E-state index is 12.0. The van der Waals surface area contributed by atoms with Crippen LogP contribution in [0.3, 0.4) is 0 Å². The fourth-order valence-corrected chi connectivity index (χ4v) is 5.08. The van der Waals surface area contributed by atoms with Gasteiger partial charge in [0.25, 0.3) is 0 Å². The Morgan fingerprint density at radius 1 is 1.11 bits per heavy atom. The van der Waals surface area contributed by atoms with Crippen molar-refractivity contribution >= 4 is 46.2 Å². The van der Waals surface area contributed by atoms with Gasteiger partial charge in [0.2, 0.25) is 5.91 Å². The number of halogens is 1. The fourth-order valence-electron chi connectivity index (χ4n) is 4.51. The van der Waals surface area contributed by atoms with E-state index in [0.717, 1.165) is 22.8 Å². The van der Waals surface area contributed by atoms with Crippen LogP contribution in [0.1, 0.15) is 29.2 Å². The number of pyridine rings is 2. The molecule has 3 aromatic heterocycles. The summed E-state index contributed by atoms with van der Waals surface area (Å²) >= 11 is 12.4. The SMILES string of the molecule is COCC(=O)Nc1ccc(N2C(=S)N[C@@H](c3ccccn3)[C@@H]2c2cccn2Cc2ccccn2)cc1Cl. The van der Waals surface area contributed by atoms with Crippen LogP contribution in [0.4, 0.5) is 11.4 Å². The van der Waals surface area contributed by atoms with Gasteiger partial charge in [-0.1, -0.05) is 23.7 Å². The molecule has 0 aliphatic carbocycles. The molecule has 0 saturated carbocycles. The molecule has 2 N–H and O–H groups in total. The average Bonchev–Trinajstić information content (AvgIpc) is 3.50. The van der Waals surface area contributed by atoms with Crippen molar-refractivity contribution in [2.75, 3.05) is 23.9 Å². The molecule has 5 rings (SSSR count). The summed E-state index contributed by atoms with van der Waals surface area (Å²) in [7, 11) is 1.47. The molecule has 4 heterocycles. The highest BCUT2D eigenvalue weighted by atomic mass is 35.5. The standard InChI is InChI=1S/C27H25ClN6O2S/c1-36-17-24(35)31-21-11-10-19(15-20(21)28)34-26(25(32-27(34)37)22-8-3-5-13-30-22)23-9-6-14-33(23)16-18-7-2-4-12-29-18/h2-15,25-26H,16-17H2,1H3,(H,31,35)(H,32,37)/t25-,26-/m0/s1. The third kappa shape index (κ3) is 5.34. The average molecular weight is 533 g/mol. The number of carbonyl (C=O) groups is 1. The molecule has 10 heteroatoms. The monoisotopic (exact) mass is 532 g/mol. The Morgan fingerprint density at radius 2 is 1.92 bits per heavy atom. The number of benzene rings is 1. The molecule has 0 unspecified atom stereocenters. The van der Waals surface area contributed by atoms with E-state index in [2.05, 4.69) is 31.2 Å². The minimum absolute atomic E-state index is 0.0562. The van der Waals surface area contributed by atoms with Gasteiger partial charge in [0.05, 0.1) is 34.7 Å². The van der Waals surface area contributed by atoms with E-state index < -0.39 is 0 Å². The molecule has 1 saturated heterocycles. The number of anilines is 2. The number of hydrogen-bond acceptors (Lipinski definition) is 5. The first-order valence-corrected chi connectivity index (χ1v) is 12.5. The highest BCUT2D eigenvalue weighted by Crippen LogP contribution is 2.43. The minimum atomic E-state index is -0.282. The van der Waals surface area contributed by atoms with E-state index in [4.69, 9.17) is 28.6 Å². The van der Waals surface area contributed by atoms with Crippen LogP contribution in [-0.2, 0) is 16.1 Å². The minimum Gasteiger partial charge on any atom is -0.375 e. The van der Waals surface area contributed by atoms with E-state index >= 15 is 0 Å². The van der Waals surface area contributed by atoms with Crippen LogP contribution >= 0.6 is 23.8 Å². The Bertz CT molecular complexity index is 1400. The quantitative estimate of drug-likeness (QED) is 0.317. The van der Waals surface area contributed by atoms with Gasteiger partial charge in [0, 0.05) is 37.1 Å². The summed E-state index contributed by atoms with van der Waals surface area (Å²) in [6.07, 6.45) is 5.62. The molecule has 4 aromatic rings. The van der Waals surface area contributed by atoms with Crippen molar-refractivity contribution in [3.05, 3.63) is 107 Å². The number of hydrogen-bond donors (Lipinski definition) is 2. The number of amides is 1. The molecule has 37 heavy (non-hydrogen) atoms. The van der Waals surface area contributed by atoms with Crippen molar-refractivity contribution < 1.29 is 9.53 Å². The van der Waals surface area contributed by atoms with Gasteiger partial charge in [-0.25, -0.2) is 0 Å². The Labute approximate surface area is 225 Å². The summed E-state index contributed by atoms with van der Waals surface area (Å²) in [5.41, 5.74) is 4.16. The number of thiocarbonyl (C=S) groups is 1. The lowest BCUT2D eigenvalue weighted by Crippen LogP contribution is -2.30. The van der Waals surface area contributed by atoms with E-state index in [1.165, 1.54) is 7.11 Å². The maximum Gasteiger partial charge on any atom is 0.250 e. The van der Waals surface area contributed by atoms with Crippen molar-refractivity contribution in [3.8, 4) is 0 Å². The Hall–Kier alpha value is -3.79. The summed E-state index contributed by atoms with van der Waals surface area (Å²) in [5, 5.41) is 7.18. The van der Waals surface area contributed by atoms with Gasteiger partial charge >= 0.3 is 0 Å². The smallest absolute Gasteiger partial charge is 0.250 e. The van der Waals surface area contributed by atoms with Crippen LogP contribution in [0.15, 0.2) is 85.3 Å². The molecule has 1 aliphatic heterocycles. The van der Waals surface area contributed by atoms with E-state index in [9.17, 15) is 4.79 Å². The number of rotatable bonds is 8. The lowest BCUT2D eigenvalue weighted by atomic mass is 10.0. The lowest BCUT2D eigenvalue weighted by Gasteiger charge is -2.29. The summed E-state index contributed by atoms with van der Waals surface area (Å²) in [4.78, 5) is 23.2. The zero-order chi connectivity index (χ0) is 25.8. The predicted octanol–water partition coefficient (Wildman–Crippen LogP) is 4.74. The lowest BCUT2D eigenvalue weighted by molar-refractivity contribution is -0.119. The summed E-state index contributed by atoms with van der Waals surface area (Å²) in [6.45, 7) is 0.555. The van der Waals surface area contributed by atoms with Crippen LogP contribution in [0.25, 0.3) is 0 Å². The summed E-state index contributed by atoms with van der Waals surface area (Å²) in [6, 6.07) is 20.9. The number of methoxy groups -OCH3 is 1. The normalized spacial score (nSPS) is 17.0. The first-order valence-electron chi connectivity index (χ1n) is 11.7. The molecule has 1 fully saturated rings. The highest BCUT2D eigenvalue weighted by Gasteiger charge is 2.42. The number of ether oxygens (including phenoxy) is 1. The van der Waals surface area contributed by atoms with Crippen molar-refractivity contribution in [2.24, 2.45) is 0 Å². The maximum absolute atomic E-state index is 12.0. The van der Waals surface area contributed by atoms with Crippen molar-refractivity contribution in [3.63, 3.8) is 0 Å². The van der Waals surface area contributed by atoms with E-state index in [1.54, 1.807) is 24.5 Å². The molecular weight excluding hydrogens is 508 g/mol. The molecule has 1 aliphatic rings. The molecule has 8 nitrogen and oxygen atoms in total. The van der Waals surface area contributed by atoms with Crippen molar-refractivity contribution in [2.45, 2.75) is 18.6 Å². The summed E-state index contributed by atoms with van der Waals surface area (Å²) < 4.78 is 7.07. The second kappa shape index (κ2) is 11.1. The Morgan fingerprint density at radius 3 is 2.62 bits per heavy atom. The number of nitrogens with zero attached hydrogens (tertiary/aromatic N) is 4. The van der Waals surface area contributed by atoms with Crippen LogP contribution in [-0.4, -0.2) is 39.3 Å². The topological polar surface area (TPSA) is 84.3 Å². The fraction of sp³-hybridized carbons (Fsp3) is 0.185. The van der Waals surface area contributed by atoms with Gasteiger partial charge in [-0.05, 0) is 66.8 Å². The zero-order valence-electron chi connectivity index (χ0n) is 20.0. The van der Waals surface area contributed by atoms with Crippen LogP contribution < -0.4 is 15.5 Å². The van der Waals surface area contributed by atoms with Gasteiger partial charge in [-0.3, -0.25) is 14.8 Å². The molecule has 188 valence electrons. The Balaban J connectivity index is 1.54. The van der Waals surface area contributed by atoms with Gasteiger partial charge in [-0.2, -0.15) is 0 Å².